The van der Waals surface area contributed by atoms with Crippen molar-refractivity contribution in [3.8, 4) is 0 Å². The molecule has 13 heavy (non-hydrogen) atoms. The van der Waals surface area contributed by atoms with Crippen LogP contribution < -0.4 is 0 Å². The average molecular weight is 203 g/mol. The Kier molecular flexibility index (Phi) is 1.84. The maximum absolute atomic E-state index is 12.9. The Bertz CT molecular complexity index is 389. The van der Waals surface area contributed by atoms with Gasteiger partial charge < -0.3 is 0 Å². The molecule has 68 valence electrons. The van der Waals surface area contributed by atoms with Gasteiger partial charge in [0.2, 0.25) is 0 Å². The lowest BCUT2D eigenvalue weighted by atomic mass is 10.1. The molecule has 2 rings (SSSR count). The van der Waals surface area contributed by atoms with Crippen molar-refractivity contribution in [2.75, 3.05) is 0 Å². The highest BCUT2D eigenvalue weighted by Crippen LogP contribution is 2.31. The Balaban J connectivity index is 2.64. The van der Waals surface area contributed by atoms with Crippen LogP contribution in [0, 0.1) is 5.82 Å². The maximum atomic E-state index is 12.9. The van der Waals surface area contributed by atoms with E-state index in [-0.39, 0.29) is 17.0 Å². The molecule has 1 aromatic rings. The summed E-state index contributed by atoms with van der Waals surface area (Å²) in [7, 11) is 0. The van der Waals surface area contributed by atoms with Crippen LogP contribution in [0.1, 0.15) is 15.9 Å². The zero-order chi connectivity index (χ0) is 9.59. The highest BCUT2D eigenvalue weighted by atomic mass is 35.5. The second-order valence-corrected chi connectivity index (χ2v) is 3.36. The van der Waals surface area contributed by atoms with E-state index in [1.54, 1.807) is 0 Å². The summed E-state index contributed by atoms with van der Waals surface area (Å²) in [6.07, 6.45) is -1.62. The van der Waals surface area contributed by atoms with Crippen molar-refractivity contribution < 1.29 is 13.6 Å². The Morgan fingerprint density at radius 1 is 1.46 bits per heavy atom. The lowest BCUT2D eigenvalue weighted by Gasteiger charge is -1.99. The lowest BCUT2D eigenvalue weighted by molar-refractivity contribution is 0.0899. The van der Waals surface area contributed by atoms with Gasteiger partial charge >= 0.3 is 0 Å². The molecule has 4 heteroatoms. The molecular weight excluding hydrogens is 198 g/mol. The second kappa shape index (κ2) is 2.77. The molecule has 0 heterocycles. The SMILES string of the molecule is O=C1c2c(Cl)cc(F)cc2CC1F. The van der Waals surface area contributed by atoms with Gasteiger partial charge in [-0.1, -0.05) is 11.6 Å². The van der Waals surface area contributed by atoms with Crippen molar-refractivity contribution in [2.45, 2.75) is 12.6 Å². The van der Waals surface area contributed by atoms with Gasteiger partial charge in [0.15, 0.2) is 12.0 Å². The third-order valence-electron chi connectivity index (χ3n) is 2.07. The summed E-state index contributed by atoms with van der Waals surface area (Å²) in [5.41, 5.74) is 0.498. The molecule has 0 N–H and O–H groups in total. The van der Waals surface area contributed by atoms with Crippen LogP contribution in [-0.2, 0) is 6.42 Å². The van der Waals surface area contributed by atoms with Gasteiger partial charge in [0.25, 0.3) is 0 Å². The van der Waals surface area contributed by atoms with Crippen molar-refractivity contribution in [3.05, 3.63) is 34.1 Å². The van der Waals surface area contributed by atoms with Gasteiger partial charge in [-0.3, -0.25) is 4.79 Å². The smallest absolute Gasteiger partial charge is 0.199 e. The number of rotatable bonds is 0. The second-order valence-electron chi connectivity index (χ2n) is 2.96. The molecule has 1 aliphatic rings. The Morgan fingerprint density at radius 3 is 2.85 bits per heavy atom. The third-order valence-corrected chi connectivity index (χ3v) is 2.36. The molecule has 0 spiro atoms. The van der Waals surface area contributed by atoms with Gasteiger partial charge in [0, 0.05) is 12.0 Å². The van der Waals surface area contributed by atoms with E-state index < -0.39 is 17.8 Å². The monoisotopic (exact) mass is 202 g/mol. The first kappa shape index (κ1) is 8.63. The number of hydrogen-bond acceptors (Lipinski definition) is 1. The molecule has 0 saturated carbocycles. The van der Waals surface area contributed by atoms with E-state index in [1.807, 2.05) is 0 Å². The van der Waals surface area contributed by atoms with Gasteiger partial charge in [-0.05, 0) is 17.7 Å². The number of ketones is 1. The summed E-state index contributed by atoms with van der Waals surface area (Å²) >= 11 is 5.61. The largest absolute Gasteiger partial charge is 0.291 e. The number of fused-ring (bicyclic) bond motifs is 1. The highest BCUT2D eigenvalue weighted by Gasteiger charge is 2.32. The van der Waals surface area contributed by atoms with Crippen molar-refractivity contribution in [2.24, 2.45) is 0 Å². The minimum absolute atomic E-state index is 0.000139. The van der Waals surface area contributed by atoms with Crippen LogP contribution >= 0.6 is 11.6 Å². The van der Waals surface area contributed by atoms with E-state index in [0.717, 1.165) is 12.1 Å². The highest BCUT2D eigenvalue weighted by molar-refractivity contribution is 6.34. The first-order valence-corrected chi connectivity index (χ1v) is 4.13. The summed E-state index contributed by atoms with van der Waals surface area (Å²) in [4.78, 5) is 11.1. The molecule has 0 fully saturated rings. The molecule has 0 bridgehead atoms. The van der Waals surface area contributed by atoms with Gasteiger partial charge in [-0.2, -0.15) is 0 Å². The van der Waals surface area contributed by atoms with Crippen molar-refractivity contribution in [1.82, 2.24) is 0 Å². The number of Topliss-reactive ketones (excluding diaryl/α,β-unsaturated/α-hetero) is 1. The van der Waals surface area contributed by atoms with Crippen LogP contribution in [-0.4, -0.2) is 12.0 Å². The van der Waals surface area contributed by atoms with E-state index in [0.29, 0.717) is 5.56 Å². The van der Waals surface area contributed by atoms with E-state index in [2.05, 4.69) is 0 Å². The molecule has 0 saturated heterocycles. The number of alkyl halides is 1. The number of halogens is 3. The van der Waals surface area contributed by atoms with Crippen LogP contribution in [0.15, 0.2) is 12.1 Å². The first-order valence-electron chi connectivity index (χ1n) is 3.76. The Hall–Kier alpha value is -0.960. The molecule has 0 amide bonds. The number of hydrogen-bond donors (Lipinski definition) is 0. The summed E-state index contributed by atoms with van der Waals surface area (Å²) in [6, 6.07) is 2.18. The van der Waals surface area contributed by atoms with Crippen molar-refractivity contribution >= 4 is 17.4 Å². The van der Waals surface area contributed by atoms with E-state index >= 15 is 0 Å². The van der Waals surface area contributed by atoms with Gasteiger partial charge in [0.1, 0.15) is 5.82 Å². The average Bonchev–Trinajstić information content (AvgIpc) is 2.27. The molecule has 0 aromatic heterocycles. The summed E-state index contributed by atoms with van der Waals surface area (Å²) in [5.74, 6) is -1.18. The van der Waals surface area contributed by atoms with Crippen molar-refractivity contribution in [1.29, 1.82) is 0 Å². The zero-order valence-corrected chi connectivity index (χ0v) is 7.24. The van der Waals surface area contributed by atoms with Crippen LogP contribution in [0.5, 0.6) is 0 Å². The number of carbonyl (C=O) groups excluding carboxylic acids is 1. The predicted octanol–water partition coefficient (Wildman–Crippen LogP) is 2.56. The normalized spacial score (nSPS) is 20.5. The minimum Gasteiger partial charge on any atom is -0.291 e. The van der Waals surface area contributed by atoms with Crippen LogP contribution in [0.4, 0.5) is 8.78 Å². The molecule has 1 aromatic carbocycles. The number of benzene rings is 1. The van der Waals surface area contributed by atoms with E-state index in [9.17, 15) is 13.6 Å². The molecule has 1 atom stereocenters. The third kappa shape index (κ3) is 1.23. The van der Waals surface area contributed by atoms with Crippen LogP contribution in [0.25, 0.3) is 0 Å². The topological polar surface area (TPSA) is 17.1 Å². The molecule has 0 radical (unpaired) electrons. The molecule has 1 aliphatic carbocycles. The summed E-state index contributed by atoms with van der Waals surface area (Å²) < 4.78 is 25.6. The quantitative estimate of drug-likeness (QED) is 0.632. The van der Waals surface area contributed by atoms with Crippen LogP contribution in [0.2, 0.25) is 5.02 Å². The first-order chi connectivity index (χ1) is 6.09. The fraction of sp³-hybridized carbons (Fsp3) is 0.222. The zero-order valence-electron chi connectivity index (χ0n) is 6.48. The maximum Gasteiger partial charge on any atom is 0.199 e. The molecule has 1 nitrogen and oxygen atoms in total. The predicted molar refractivity (Wildman–Crippen MR) is 44.3 cm³/mol. The van der Waals surface area contributed by atoms with E-state index in [4.69, 9.17) is 11.6 Å². The molecule has 0 aliphatic heterocycles. The van der Waals surface area contributed by atoms with Gasteiger partial charge in [-0.25, -0.2) is 8.78 Å². The molecule has 1 unspecified atom stereocenters. The van der Waals surface area contributed by atoms with Crippen LogP contribution in [0.3, 0.4) is 0 Å². The van der Waals surface area contributed by atoms with E-state index in [1.165, 1.54) is 0 Å². The summed E-state index contributed by atoms with van der Waals surface area (Å²) in [6.45, 7) is 0. The van der Waals surface area contributed by atoms with Gasteiger partial charge in [-0.15, -0.1) is 0 Å². The summed E-state index contributed by atoms with van der Waals surface area (Å²) in [5, 5.41) is 0.000139. The lowest BCUT2D eigenvalue weighted by Crippen LogP contribution is -2.08. The Labute approximate surface area is 78.3 Å². The van der Waals surface area contributed by atoms with Gasteiger partial charge in [0.05, 0.1) is 5.02 Å². The molecular formula is C9H5ClF2O. The fourth-order valence-corrected chi connectivity index (χ4v) is 1.82. The Morgan fingerprint density at radius 2 is 2.15 bits per heavy atom. The van der Waals surface area contributed by atoms with Crippen molar-refractivity contribution in [3.63, 3.8) is 0 Å². The fourth-order valence-electron chi connectivity index (χ4n) is 1.51. The standard InChI is InChI=1S/C9H5ClF2O/c10-6-3-5(11)1-4-2-7(12)9(13)8(4)6/h1,3,7H,2H2. The number of carbonyl (C=O) groups is 1. The minimum atomic E-state index is -1.56.